The molecule has 0 saturated heterocycles. The van der Waals surface area contributed by atoms with E-state index in [1.54, 1.807) is 12.1 Å². The number of amides is 1. The summed E-state index contributed by atoms with van der Waals surface area (Å²) in [6, 6.07) is 3.92. The third-order valence-electron chi connectivity index (χ3n) is 2.72. The van der Waals surface area contributed by atoms with Crippen LogP contribution >= 0.6 is 0 Å². The Balaban J connectivity index is 2.09. The summed E-state index contributed by atoms with van der Waals surface area (Å²) in [6.07, 6.45) is -4.08. The van der Waals surface area contributed by atoms with Gasteiger partial charge < -0.3 is 10.1 Å². The SMILES string of the molecule is O=Cc1ccc2c(c1)C[C@@H](NC(=O)C(F)(F)F)CO2. The van der Waals surface area contributed by atoms with E-state index in [-0.39, 0.29) is 13.0 Å². The summed E-state index contributed by atoms with van der Waals surface area (Å²) < 4.78 is 41.6. The van der Waals surface area contributed by atoms with Gasteiger partial charge in [0.15, 0.2) is 0 Å². The van der Waals surface area contributed by atoms with Gasteiger partial charge in [-0.25, -0.2) is 0 Å². The van der Waals surface area contributed by atoms with Crippen LogP contribution in [0.15, 0.2) is 18.2 Å². The molecule has 0 aromatic heterocycles. The molecule has 0 unspecified atom stereocenters. The molecule has 1 heterocycles. The first-order valence-electron chi connectivity index (χ1n) is 5.49. The Bertz CT molecular complexity index is 513. The van der Waals surface area contributed by atoms with Crippen LogP contribution < -0.4 is 10.1 Å². The molecule has 0 fully saturated rings. The highest BCUT2D eigenvalue weighted by Gasteiger charge is 2.40. The fourth-order valence-electron chi connectivity index (χ4n) is 1.85. The predicted molar refractivity (Wildman–Crippen MR) is 59.0 cm³/mol. The molecule has 7 heteroatoms. The number of benzene rings is 1. The van der Waals surface area contributed by atoms with Gasteiger partial charge >= 0.3 is 12.1 Å². The van der Waals surface area contributed by atoms with Crippen molar-refractivity contribution in [1.29, 1.82) is 0 Å². The largest absolute Gasteiger partial charge is 0.491 e. The molecule has 4 nitrogen and oxygen atoms in total. The lowest BCUT2D eigenvalue weighted by molar-refractivity contribution is -0.174. The van der Waals surface area contributed by atoms with E-state index in [1.165, 1.54) is 6.07 Å². The van der Waals surface area contributed by atoms with Gasteiger partial charge in [0.05, 0.1) is 6.04 Å². The van der Waals surface area contributed by atoms with Crippen LogP contribution in [0.4, 0.5) is 13.2 Å². The van der Waals surface area contributed by atoms with Gasteiger partial charge in [-0.15, -0.1) is 0 Å². The molecule has 1 N–H and O–H groups in total. The lowest BCUT2D eigenvalue weighted by atomic mass is 10.0. The quantitative estimate of drug-likeness (QED) is 0.830. The number of hydrogen-bond donors (Lipinski definition) is 1. The number of hydrogen-bond acceptors (Lipinski definition) is 3. The number of halogens is 3. The summed E-state index contributed by atoms with van der Waals surface area (Å²) >= 11 is 0. The zero-order valence-electron chi connectivity index (χ0n) is 9.66. The van der Waals surface area contributed by atoms with Crippen LogP contribution in [0, 0.1) is 0 Å². The number of aldehydes is 1. The summed E-state index contributed by atoms with van der Waals surface area (Å²) in [5.74, 6) is -1.47. The van der Waals surface area contributed by atoms with Crippen molar-refractivity contribution in [1.82, 2.24) is 5.32 Å². The summed E-state index contributed by atoms with van der Waals surface area (Å²) in [6.45, 7) is -0.0325. The Labute approximate surface area is 106 Å². The summed E-state index contributed by atoms with van der Waals surface area (Å²) in [4.78, 5) is 21.4. The van der Waals surface area contributed by atoms with Crippen molar-refractivity contribution < 1.29 is 27.5 Å². The number of carbonyl (C=O) groups excluding carboxylic acids is 2. The second kappa shape index (κ2) is 4.91. The minimum atomic E-state index is -4.91. The molecule has 0 bridgehead atoms. The molecular weight excluding hydrogens is 263 g/mol. The highest BCUT2D eigenvalue weighted by Crippen LogP contribution is 2.26. The Morgan fingerprint density at radius 3 is 2.79 bits per heavy atom. The van der Waals surface area contributed by atoms with E-state index in [1.807, 2.05) is 5.32 Å². The monoisotopic (exact) mass is 273 g/mol. The third-order valence-corrected chi connectivity index (χ3v) is 2.72. The zero-order chi connectivity index (χ0) is 14.0. The maximum atomic E-state index is 12.1. The van der Waals surface area contributed by atoms with Crippen molar-refractivity contribution >= 4 is 12.2 Å². The van der Waals surface area contributed by atoms with Crippen LogP contribution in [-0.2, 0) is 11.2 Å². The van der Waals surface area contributed by atoms with Crippen molar-refractivity contribution in [2.45, 2.75) is 18.6 Å². The molecule has 2 rings (SSSR count). The summed E-state index contributed by atoms with van der Waals surface area (Å²) in [5.41, 5.74) is 1.01. The molecule has 0 saturated carbocycles. The van der Waals surface area contributed by atoms with Crippen molar-refractivity contribution in [3.8, 4) is 5.75 Å². The number of ether oxygens (including phenoxy) is 1. The Hall–Kier alpha value is -2.05. The lowest BCUT2D eigenvalue weighted by Gasteiger charge is -2.26. The Kier molecular flexibility index (Phi) is 3.46. The molecule has 1 aliphatic heterocycles. The van der Waals surface area contributed by atoms with Crippen molar-refractivity contribution in [2.24, 2.45) is 0 Å². The van der Waals surface area contributed by atoms with E-state index >= 15 is 0 Å². The molecule has 1 atom stereocenters. The standard InChI is InChI=1S/C12H10F3NO3/c13-12(14,15)11(18)16-9-4-8-3-7(5-17)1-2-10(8)19-6-9/h1-3,5,9H,4,6H2,(H,16,18)/t9-/m1/s1. The minimum absolute atomic E-state index is 0.0325. The van der Waals surface area contributed by atoms with Gasteiger partial charge in [-0.1, -0.05) is 0 Å². The topological polar surface area (TPSA) is 55.4 Å². The van der Waals surface area contributed by atoms with Crippen LogP contribution in [0.5, 0.6) is 5.75 Å². The molecule has 1 aliphatic rings. The Morgan fingerprint density at radius 1 is 1.42 bits per heavy atom. The molecule has 0 spiro atoms. The number of fused-ring (bicyclic) bond motifs is 1. The normalized spacial score (nSPS) is 18.2. The first kappa shape index (κ1) is 13.4. The fraction of sp³-hybridized carbons (Fsp3) is 0.333. The number of rotatable bonds is 2. The van der Waals surface area contributed by atoms with Gasteiger partial charge in [0.1, 0.15) is 18.6 Å². The van der Waals surface area contributed by atoms with Crippen LogP contribution in [0.2, 0.25) is 0 Å². The minimum Gasteiger partial charge on any atom is -0.491 e. The maximum absolute atomic E-state index is 12.1. The lowest BCUT2D eigenvalue weighted by Crippen LogP contribution is -2.48. The average molecular weight is 273 g/mol. The van der Waals surface area contributed by atoms with Gasteiger partial charge in [-0.3, -0.25) is 9.59 Å². The molecule has 1 aromatic rings. The molecule has 1 aromatic carbocycles. The van der Waals surface area contributed by atoms with Gasteiger partial charge in [0, 0.05) is 5.56 Å². The predicted octanol–water partition coefficient (Wildman–Crippen LogP) is 1.48. The van der Waals surface area contributed by atoms with Gasteiger partial charge in [0.25, 0.3) is 0 Å². The van der Waals surface area contributed by atoms with E-state index in [0.717, 1.165) is 0 Å². The fourth-order valence-corrected chi connectivity index (χ4v) is 1.85. The second-order valence-corrected chi connectivity index (χ2v) is 4.17. The van der Waals surface area contributed by atoms with E-state index in [9.17, 15) is 22.8 Å². The van der Waals surface area contributed by atoms with E-state index in [0.29, 0.717) is 23.2 Å². The number of alkyl halides is 3. The first-order valence-corrected chi connectivity index (χ1v) is 5.49. The number of nitrogens with one attached hydrogen (secondary N) is 1. The molecular formula is C12H10F3NO3. The maximum Gasteiger partial charge on any atom is 0.471 e. The van der Waals surface area contributed by atoms with Crippen molar-refractivity contribution in [3.63, 3.8) is 0 Å². The Morgan fingerprint density at radius 2 is 2.16 bits per heavy atom. The molecule has 19 heavy (non-hydrogen) atoms. The van der Waals surface area contributed by atoms with Crippen molar-refractivity contribution in [3.05, 3.63) is 29.3 Å². The second-order valence-electron chi connectivity index (χ2n) is 4.17. The number of carbonyl (C=O) groups is 2. The van der Waals surface area contributed by atoms with Crippen LogP contribution in [-0.4, -0.2) is 31.0 Å². The van der Waals surface area contributed by atoms with Crippen LogP contribution in [0.3, 0.4) is 0 Å². The third kappa shape index (κ3) is 3.04. The highest BCUT2D eigenvalue weighted by molar-refractivity contribution is 5.82. The molecule has 102 valence electrons. The summed E-state index contributed by atoms with van der Waals surface area (Å²) in [5, 5.41) is 1.86. The van der Waals surface area contributed by atoms with Crippen molar-refractivity contribution in [2.75, 3.05) is 6.61 Å². The first-order chi connectivity index (χ1) is 8.90. The van der Waals surface area contributed by atoms with E-state index in [2.05, 4.69) is 0 Å². The highest BCUT2D eigenvalue weighted by atomic mass is 19.4. The smallest absolute Gasteiger partial charge is 0.471 e. The van der Waals surface area contributed by atoms with Gasteiger partial charge in [0.2, 0.25) is 0 Å². The molecule has 1 amide bonds. The molecule has 0 aliphatic carbocycles. The summed E-state index contributed by atoms with van der Waals surface area (Å²) in [7, 11) is 0. The average Bonchev–Trinajstić information content (AvgIpc) is 2.36. The van der Waals surface area contributed by atoms with Gasteiger partial charge in [-0.05, 0) is 30.2 Å². The zero-order valence-corrected chi connectivity index (χ0v) is 9.66. The van der Waals surface area contributed by atoms with Gasteiger partial charge in [-0.2, -0.15) is 13.2 Å². The molecule has 0 radical (unpaired) electrons. The van der Waals surface area contributed by atoms with E-state index in [4.69, 9.17) is 4.74 Å². The van der Waals surface area contributed by atoms with Crippen LogP contribution in [0.1, 0.15) is 15.9 Å². The van der Waals surface area contributed by atoms with E-state index < -0.39 is 18.1 Å². The van der Waals surface area contributed by atoms with Crippen LogP contribution in [0.25, 0.3) is 0 Å².